The lowest BCUT2D eigenvalue weighted by molar-refractivity contribution is 0.122. The predicted molar refractivity (Wildman–Crippen MR) is 77.1 cm³/mol. The first-order valence-corrected chi connectivity index (χ1v) is 7.27. The summed E-state index contributed by atoms with van der Waals surface area (Å²) in [7, 11) is 3.93. The zero-order valence-corrected chi connectivity index (χ0v) is 12.2. The quantitative estimate of drug-likeness (QED) is 0.389. The van der Waals surface area contributed by atoms with Crippen molar-refractivity contribution in [3.63, 3.8) is 0 Å². The number of guanidine groups is 1. The van der Waals surface area contributed by atoms with Crippen LogP contribution in [0.25, 0.3) is 0 Å². The van der Waals surface area contributed by atoms with Crippen LogP contribution in [0.3, 0.4) is 0 Å². The second-order valence-electron chi connectivity index (χ2n) is 5.12. The molecule has 0 heterocycles. The van der Waals surface area contributed by atoms with E-state index in [1.54, 1.807) is 0 Å². The number of nitrogens with zero attached hydrogens (tertiary/aromatic N) is 2. The molecule has 0 spiro atoms. The summed E-state index contributed by atoms with van der Waals surface area (Å²) in [5.74, 6) is 1.86. The van der Waals surface area contributed by atoms with Crippen molar-refractivity contribution >= 4 is 5.96 Å². The average Bonchev–Trinajstić information content (AvgIpc) is 3.19. The normalized spacial score (nSPS) is 15.8. The molecule has 0 aromatic carbocycles. The molecule has 4 heteroatoms. The van der Waals surface area contributed by atoms with Gasteiger partial charge < -0.3 is 15.0 Å². The van der Waals surface area contributed by atoms with Crippen LogP contribution < -0.4 is 5.32 Å². The topological polar surface area (TPSA) is 36.9 Å². The number of nitrogens with one attached hydrogen (secondary N) is 1. The Morgan fingerprint density at radius 2 is 2.17 bits per heavy atom. The fourth-order valence-electron chi connectivity index (χ4n) is 1.79. The molecule has 0 amide bonds. The van der Waals surface area contributed by atoms with Gasteiger partial charge in [0.15, 0.2) is 5.96 Å². The number of ether oxygens (including phenoxy) is 1. The standard InChI is InChI=1S/C14H29N3O/c1-4-5-10-17(3)14(15-2)16-9-6-11-18-12-13-7-8-13/h13H,4-12H2,1-3H3,(H,15,16). The Kier molecular flexibility index (Phi) is 7.81. The molecule has 0 aromatic heterocycles. The number of unbranched alkanes of at least 4 members (excludes halogenated alkanes) is 1. The van der Waals surface area contributed by atoms with E-state index >= 15 is 0 Å². The van der Waals surface area contributed by atoms with Gasteiger partial charge >= 0.3 is 0 Å². The largest absolute Gasteiger partial charge is 0.381 e. The molecule has 0 atom stereocenters. The number of rotatable bonds is 9. The Balaban J connectivity index is 1.99. The summed E-state index contributed by atoms with van der Waals surface area (Å²) in [6.07, 6.45) is 6.21. The lowest BCUT2D eigenvalue weighted by atomic mass is 10.3. The van der Waals surface area contributed by atoms with Crippen LogP contribution in [0.5, 0.6) is 0 Å². The SMILES string of the molecule is CCCCN(C)C(=NC)NCCCOCC1CC1. The molecule has 1 saturated carbocycles. The molecule has 18 heavy (non-hydrogen) atoms. The highest BCUT2D eigenvalue weighted by Crippen LogP contribution is 2.28. The predicted octanol–water partition coefficient (Wildman–Crippen LogP) is 2.11. The molecule has 1 N–H and O–H groups in total. The van der Waals surface area contributed by atoms with Gasteiger partial charge in [-0.15, -0.1) is 0 Å². The van der Waals surface area contributed by atoms with Crippen molar-refractivity contribution in [2.24, 2.45) is 10.9 Å². The third-order valence-corrected chi connectivity index (χ3v) is 3.22. The van der Waals surface area contributed by atoms with E-state index in [9.17, 15) is 0 Å². The molecule has 106 valence electrons. The van der Waals surface area contributed by atoms with Crippen molar-refractivity contribution in [1.29, 1.82) is 0 Å². The first-order chi connectivity index (χ1) is 8.77. The summed E-state index contributed by atoms with van der Waals surface area (Å²) in [6, 6.07) is 0. The molecule has 0 saturated heterocycles. The zero-order valence-electron chi connectivity index (χ0n) is 12.2. The Labute approximate surface area is 112 Å². The molecule has 0 aromatic rings. The van der Waals surface area contributed by atoms with Gasteiger partial charge in [-0.25, -0.2) is 0 Å². The van der Waals surface area contributed by atoms with E-state index in [1.165, 1.54) is 25.7 Å². The minimum absolute atomic E-state index is 0.860. The fourth-order valence-corrected chi connectivity index (χ4v) is 1.79. The smallest absolute Gasteiger partial charge is 0.193 e. The molecule has 1 aliphatic rings. The van der Waals surface area contributed by atoms with Gasteiger partial charge in [0.2, 0.25) is 0 Å². The van der Waals surface area contributed by atoms with Crippen LogP contribution in [0.4, 0.5) is 0 Å². The van der Waals surface area contributed by atoms with Crippen LogP contribution in [0.1, 0.15) is 39.0 Å². The second-order valence-corrected chi connectivity index (χ2v) is 5.12. The number of aliphatic imine (C=N–C) groups is 1. The molecule has 4 nitrogen and oxygen atoms in total. The Morgan fingerprint density at radius 3 is 2.78 bits per heavy atom. The van der Waals surface area contributed by atoms with Gasteiger partial charge in [-0.1, -0.05) is 13.3 Å². The molecule has 0 aliphatic heterocycles. The van der Waals surface area contributed by atoms with Crippen LogP contribution in [0.15, 0.2) is 4.99 Å². The van der Waals surface area contributed by atoms with E-state index in [0.717, 1.165) is 44.6 Å². The maximum atomic E-state index is 5.60. The van der Waals surface area contributed by atoms with Crippen LogP contribution in [0, 0.1) is 5.92 Å². The zero-order chi connectivity index (χ0) is 13.2. The van der Waals surface area contributed by atoms with Crippen molar-refractivity contribution in [2.75, 3.05) is 40.4 Å². The molecule has 1 fully saturated rings. The maximum absolute atomic E-state index is 5.60. The van der Waals surface area contributed by atoms with E-state index < -0.39 is 0 Å². The Morgan fingerprint density at radius 1 is 1.39 bits per heavy atom. The van der Waals surface area contributed by atoms with Crippen molar-refractivity contribution < 1.29 is 4.74 Å². The highest BCUT2D eigenvalue weighted by molar-refractivity contribution is 5.79. The van der Waals surface area contributed by atoms with Crippen molar-refractivity contribution in [2.45, 2.75) is 39.0 Å². The summed E-state index contributed by atoms with van der Waals surface area (Å²) < 4.78 is 5.60. The molecule has 0 unspecified atom stereocenters. The van der Waals surface area contributed by atoms with Crippen molar-refractivity contribution in [3.8, 4) is 0 Å². The minimum atomic E-state index is 0.860. The summed E-state index contributed by atoms with van der Waals surface area (Å²) >= 11 is 0. The highest BCUT2D eigenvalue weighted by Gasteiger charge is 2.20. The first-order valence-electron chi connectivity index (χ1n) is 7.27. The van der Waals surface area contributed by atoms with E-state index in [4.69, 9.17) is 4.74 Å². The van der Waals surface area contributed by atoms with Crippen LogP contribution >= 0.6 is 0 Å². The van der Waals surface area contributed by atoms with E-state index in [1.807, 2.05) is 7.05 Å². The van der Waals surface area contributed by atoms with Crippen LogP contribution in [-0.4, -0.2) is 51.3 Å². The van der Waals surface area contributed by atoms with Crippen LogP contribution in [-0.2, 0) is 4.74 Å². The van der Waals surface area contributed by atoms with Gasteiger partial charge in [-0.05, 0) is 31.6 Å². The Bertz CT molecular complexity index is 239. The third kappa shape index (κ3) is 6.84. The summed E-state index contributed by atoms with van der Waals surface area (Å²) in [6.45, 7) is 6.04. The van der Waals surface area contributed by atoms with Gasteiger partial charge in [0.05, 0.1) is 0 Å². The number of hydrogen-bond acceptors (Lipinski definition) is 2. The van der Waals surface area contributed by atoms with Gasteiger partial charge in [-0.2, -0.15) is 0 Å². The second kappa shape index (κ2) is 9.20. The fraction of sp³-hybridized carbons (Fsp3) is 0.929. The lowest BCUT2D eigenvalue weighted by Gasteiger charge is -2.21. The number of hydrogen-bond donors (Lipinski definition) is 1. The summed E-state index contributed by atoms with van der Waals surface area (Å²) in [5, 5.41) is 3.38. The van der Waals surface area contributed by atoms with E-state index in [-0.39, 0.29) is 0 Å². The average molecular weight is 255 g/mol. The molecule has 1 aliphatic carbocycles. The molecule has 0 radical (unpaired) electrons. The van der Waals surface area contributed by atoms with Gasteiger partial charge in [0.25, 0.3) is 0 Å². The molecule has 0 bridgehead atoms. The Hall–Kier alpha value is -0.770. The van der Waals surface area contributed by atoms with E-state index in [2.05, 4.69) is 29.2 Å². The van der Waals surface area contributed by atoms with Gasteiger partial charge in [-0.3, -0.25) is 4.99 Å². The summed E-state index contributed by atoms with van der Waals surface area (Å²) in [5.41, 5.74) is 0. The lowest BCUT2D eigenvalue weighted by Crippen LogP contribution is -2.40. The third-order valence-electron chi connectivity index (χ3n) is 3.22. The van der Waals surface area contributed by atoms with E-state index in [0.29, 0.717) is 0 Å². The monoisotopic (exact) mass is 255 g/mol. The summed E-state index contributed by atoms with van der Waals surface area (Å²) in [4.78, 5) is 6.48. The first kappa shape index (κ1) is 15.3. The molecular formula is C14H29N3O. The van der Waals surface area contributed by atoms with Gasteiger partial charge in [0.1, 0.15) is 0 Å². The molecule has 1 rings (SSSR count). The molecular weight excluding hydrogens is 226 g/mol. The van der Waals surface area contributed by atoms with Crippen molar-refractivity contribution in [3.05, 3.63) is 0 Å². The highest BCUT2D eigenvalue weighted by atomic mass is 16.5. The van der Waals surface area contributed by atoms with Gasteiger partial charge in [0, 0.05) is 40.4 Å². The maximum Gasteiger partial charge on any atom is 0.193 e. The van der Waals surface area contributed by atoms with Crippen LogP contribution in [0.2, 0.25) is 0 Å². The van der Waals surface area contributed by atoms with Crippen molar-refractivity contribution in [1.82, 2.24) is 10.2 Å². The minimum Gasteiger partial charge on any atom is -0.381 e.